The molecule has 0 fully saturated rings. The van der Waals surface area contributed by atoms with Crippen LogP contribution in [-0.4, -0.2) is 28.3 Å². The lowest BCUT2D eigenvalue weighted by Gasteiger charge is -2.22. The van der Waals surface area contributed by atoms with E-state index in [-0.39, 0.29) is 22.6 Å². The zero-order valence-electron chi connectivity index (χ0n) is 12.5. The molecule has 1 aromatic carbocycles. The molecule has 0 bridgehead atoms. The predicted octanol–water partition coefficient (Wildman–Crippen LogP) is 2.22. The van der Waals surface area contributed by atoms with Crippen LogP contribution in [0.4, 0.5) is 5.69 Å². The highest BCUT2D eigenvalue weighted by molar-refractivity contribution is 5.81. The summed E-state index contributed by atoms with van der Waals surface area (Å²) in [5.41, 5.74) is 2.11. The second-order valence-electron chi connectivity index (χ2n) is 5.44. The maximum Gasteiger partial charge on any atom is 0.269 e. The second kappa shape index (κ2) is 6.67. The fraction of sp³-hybridized carbons (Fsp3) is 0.533. The van der Waals surface area contributed by atoms with Gasteiger partial charge in [0.25, 0.3) is 5.69 Å². The number of carbonyl (C=O) groups is 1. The molecule has 1 aliphatic heterocycles. The van der Waals surface area contributed by atoms with E-state index in [9.17, 15) is 14.9 Å². The van der Waals surface area contributed by atoms with E-state index in [4.69, 9.17) is 0 Å². The number of nitrogens with zero attached hydrogens (tertiary/aromatic N) is 2. The van der Waals surface area contributed by atoms with Crippen LogP contribution in [-0.2, 0) is 17.9 Å². The summed E-state index contributed by atoms with van der Waals surface area (Å²) in [5.74, 6) is 0.0192. The van der Waals surface area contributed by atoms with E-state index in [1.807, 2.05) is 11.8 Å². The van der Waals surface area contributed by atoms with Gasteiger partial charge in [-0.25, -0.2) is 0 Å². The van der Waals surface area contributed by atoms with Crippen molar-refractivity contribution in [3.8, 4) is 0 Å². The molecular formula is C15H21N3O3. The van der Waals surface area contributed by atoms with Crippen molar-refractivity contribution in [2.24, 2.45) is 0 Å². The minimum absolute atomic E-state index is 0.0192. The van der Waals surface area contributed by atoms with Gasteiger partial charge in [0.1, 0.15) is 0 Å². The molecule has 2 rings (SSSR count). The average molecular weight is 291 g/mol. The molecule has 21 heavy (non-hydrogen) atoms. The molecule has 1 aliphatic rings. The predicted molar refractivity (Wildman–Crippen MR) is 79.7 cm³/mol. The Labute approximate surface area is 124 Å². The number of non-ortho nitro benzene ring substituents is 1. The van der Waals surface area contributed by atoms with Gasteiger partial charge < -0.3 is 5.32 Å². The number of nitrogens with one attached hydrogen (secondary N) is 1. The highest BCUT2D eigenvalue weighted by Gasteiger charge is 2.28. The van der Waals surface area contributed by atoms with Crippen molar-refractivity contribution in [1.82, 2.24) is 10.2 Å². The summed E-state index contributed by atoms with van der Waals surface area (Å²) in [4.78, 5) is 24.5. The standard InChI is InChI=1S/C15H21N3O3/c1-3-4-7-16-15(19)11(2)17-9-12-5-6-14(18(20)21)8-13(12)10-17/h5-6,8,11H,3-4,7,9-10H2,1-2H3,(H,16,19). The molecule has 6 heteroatoms. The third kappa shape index (κ3) is 3.58. The van der Waals surface area contributed by atoms with Gasteiger partial charge in [-0.3, -0.25) is 19.8 Å². The summed E-state index contributed by atoms with van der Waals surface area (Å²) < 4.78 is 0. The molecule has 0 spiro atoms. The molecule has 114 valence electrons. The number of fused-ring (bicyclic) bond motifs is 1. The van der Waals surface area contributed by atoms with Crippen LogP contribution in [0.25, 0.3) is 0 Å². The van der Waals surface area contributed by atoms with Gasteiger partial charge >= 0.3 is 0 Å². The van der Waals surface area contributed by atoms with E-state index >= 15 is 0 Å². The van der Waals surface area contributed by atoms with Gasteiger partial charge in [-0.15, -0.1) is 0 Å². The normalized spacial score (nSPS) is 15.5. The van der Waals surface area contributed by atoms with E-state index in [1.165, 1.54) is 6.07 Å². The third-order valence-corrected chi connectivity index (χ3v) is 3.90. The number of hydrogen-bond acceptors (Lipinski definition) is 4. The van der Waals surface area contributed by atoms with Crippen molar-refractivity contribution in [1.29, 1.82) is 0 Å². The lowest BCUT2D eigenvalue weighted by Crippen LogP contribution is -2.42. The molecule has 1 aromatic rings. The number of hydrogen-bond donors (Lipinski definition) is 1. The van der Waals surface area contributed by atoms with E-state index in [0.717, 1.165) is 24.0 Å². The van der Waals surface area contributed by atoms with E-state index in [2.05, 4.69) is 12.2 Å². The van der Waals surface area contributed by atoms with Crippen molar-refractivity contribution in [2.45, 2.75) is 45.8 Å². The number of amides is 1. The maximum atomic E-state index is 12.1. The number of unbranched alkanes of at least 4 members (excludes halogenated alkanes) is 1. The number of nitro groups is 1. The summed E-state index contributed by atoms with van der Waals surface area (Å²) >= 11 is 0. The van der Waals surface area contributed by atoms with Crippen molar-refractivity contribution >= 4 is 11.6 Å². The Morgan fingerprint density at radius 2 is 2.14 bits per heavy atom. The molecule has 1 amide bonds. The zero-order chi connectivity index (χ0) is 15.4. The molecule has 6 nitrogen and oxygen atoms in total. The highest BCUT2D eigenvalue weighted by atomic mass is 16.6. The topological polar surface area (TPSA) is 75.5 Å². The van der Waals surface area contributed by atoms with E-state index in [1.54, 1.807) is 12.1 Å². The molecule has 0 saturated carbocycles. The van der Waals surface area contributed by atoms with Crippen LogP contribution in [0.5, 0.6) is 0 Å². The highest BCUT2D eigenvalue weighted by Crippen LogP contribution is 2.27. The van der Waals surface area contributed by atoms with Crippen molar-refractivity contribution in [3.63, 3.8) is 0 Å². The Kier molecular flexibility index (Phi) is 4.90. The maximum absolute atomic E-state index is 12.1. The zero-order valence-corrected chi connectivity index (χ0v) is 12.5. The smallest absolute Gasteiger partial charge is 0.269 e. The first-order valence-corrected chi connectivity index (χ1v) is 7.31. The van der Waals surface area contributed by atoms with Gasteiger partial charge in [0, 0.05) is 31.8 Å². The minimum atomic E-state index is -0.385. The Hall–Kier alpha value is -1.95. The first-order chi connectivity index (χ1) is 10.0. The first kappa shape index (κ1) is 15.4. The Morgan fingerprint density at radius 3 is 2.81 bits per heavy atom. The molecule has 1 atom stereocenters. The second-order valence-corrected chi connectivity index (χ2v) is 5.44. The van der Waals surface area contributed by atoms with Gasteiger partial charge in [-0.2, -0.15) is 0 Å². The summed E-state index contributed by atoms with van der Waals surface area (Å²) in [6.45, 7) is 5.90. The molecule has 0 aromatic heterocycles. The quantitative estimate of drug-likeness (QED) is 0.495. The van der Waals surface area contributed by atoms with Gasteiger partial charge in [0.15, 0.2) is 0 Å². The van der Waals surface area contributed by atoms with Crippen LogP contribution in [0.15, 0.2) is 18.2 Å². The Balaban J connectivity index is 1.98. The summed E-state index contributed by atoms with van der Waals surface area (Å²) in [7, 11) is 0. The van der Waals surface area contributed by atoms with Crippen LogP contribution < -0.4 is 5.32 Å². The van der Waals surface area contributed by atoms with Gasteiger partial charge in [0.2, 0.25) is 5.91 Å². The van der Waals surface area contributed by atoms with E-state index < -0.39 is 0 Å². The first-order valence-electron chi connectivity index (χ1n) is 7.31. The number of carbonyl (C=O) groups excluding carboxylic acids is 1. The van der Waals surface area contributed by atoms with E-state index in [0.29, 0.717) is 19.6 Å². The average Bonchev–Trinajstić information content (AvgIpc) is 2.89. The monoisotopic (exact) mass is 291 g/mol. The minimum Gasteiger partial charge on any atom is -0.355 e. The van der Waals surface area contributed by atoms with Crippen molar-refractivity contribution < 1.29 is 9.72 Å². The summed E-state index contributed by atoms with van der Waals surface area (Å²) in [6.07, 6.45) is 2.03. The number of nitro benzene ring substituents is 1. The molecule has 0 radical (unpaired) electrons. The third-order valence-electron chi connectivity index (χ3n) is 3.90. The largest absolute Gasteiger partial charge is 0.355 e. The molecule has 0 saturated heterocycles. The van der Waals surface area contributed by atoms with Crippen LogP contribution in [0.3, 0.4) is 0 Å². The SMILES string of the molecule is CCCCNC(=O)C(C)N1Cc2ccc([N+](=O)[O-])cc2C1. The molecule has 1 heterocycles. The molecule has 1 N–H and O–H groups in total. The van der Waals surface area contributed by atoms with Crippen molar-refractivity contribution in [2.75, 3.05) is 6.54 Å². The summed E-state index contributed by atoms with van der Waals surface area (Å²) in [6, 6.07) is 4.69. The van der Waals surface area contributed by atoms with Crippen LogP contribution >= 0.6 is 0 Å². The van der Waals surface area contributed by atoms with Crippen LogP contribution in [0, 0.1) is 10.1 Å². The molecule has 0 aliphatic carbocycles. The molecular weight excluding hydrogens is 270 g/mol. The lowest BCUT2D eigenvalue weighted by atomic mass is 10.1. The fourth-order valence-electron chi connectivity index (χ4n) is 2.50. The number of benzene rings is 1. The van der Waals surface area contributed by atoms with Gasteiger partial charge in [-0.05, 0) is 24.5 Å². The van der Waals surface area contributed by atoms with Gasteiger partial charge in [0.05, 0.1) is 11.0 Å². The summed E-state index contributed by atoms with van der Waals surface area (Å²) in [5, 5.41) is 13.7. The van der Waals surface area contributed by atoms with Crippen molar-refractivity contribution in [3.05, 3.63) is 39.4 Å². The molecule has 1 unspecified atom stereocenters. The van der Waals surface area contributed by atoms with Crippen LogP contribution in [0.1, 0.15) is 37.8 Å². The van der Waals surface area contributed by atoms with Crippen LogP contribution in [0.2, 0.25) is 0 Å². The lowest BCUT2D eigenvalue weighted by molar-refractivity contribution is -0.384. The Morgan fingerprint density at radius 1 is 1.43 bits per heavy atom. The Bertz CT molecular complexity index is 545. The fourth-order valence-corrected chi connectivity index (χ4v) is 2.50. The number of rotatable bonds is 6. The van der Waals surface area contributed by atoms with Gasteiger partial charge in [-0.1, -0.05) is 19.4 Å².